The van der Waals surface area contributed by atoms with Crippen molar-refractivity contribution in [1.82, 2.24) is 41.9 Å². The third-order valence-electron chi connectivity index (χ3n) is 11.6. The Morgan fingerprint density at radius 2 is 0.931 bits per heavy atom. The van der Waals surface area contributed by atoms with Gasteiger partial charge in [-0.05, 0) is 46.5 Å². The van der Waals surface area contributed by atoms with Crippen LogP contribution in [-0.4, -0.2) is 121 Å². The first-order valence-electron chi connectivity index (χ1n) is 22.6. The van der Waals surface area contributed by atoms with Gasteiger partial charge in [-0.15, -0.1) is 0 Å². The van der Waals surface area contributed by atoms with Gasteiger partial charge in [0, 0.05) is 59.9 Å². The molecule has 6 rings (SSSR count). The lowest BCUT2D eigenvalue weighted by atomic mass is 10.0. The molecule has 6 atom stereocenters. The Bertz CT molecular complexity index is 2940. The van der Waals surface area contributed by atoms with Gasteiger partial charge in [0.15, 0.2) is 0 Å². The van der Waals surface area contributed by atoms with Gasteiger partial charge < -0.3 is 68.7 Å². The standard InChI is InChI=1S/C50H54N10O12/c51-34(22-43(63)64)46(68)58-40(21-30-25-54-36-13-7-5-11-33(30)36)49(71)60-39(19-28-14-16-31(61)17-15-28)48(70)59-38(18-27-8-2-1-3-9-27)47(69)55-26-42(62)56-41(23-44(65)66)50(72)57-37(45(52)67)20-29-24-53-35-12-6-4-10-32(29)35/h1-17,24-25,34,37-41,53-54,61H,18-23,26,51H2,(H2,52,67)(H,55,69)(H,56,62)(H,57,72)(H,58,68)(H,59,70)(H,60,71)(H,63,64)(H,65,66)/t34-,37-,38-,39-,40-,41-/m0/s1. The quantitative estimate of drug-likeness (QED) is 0.0358. The van der Waals surface area contributed by atoms with E-state index in [0.29, 0.717) is 22.3 Å². The van der Waals surface area contributed by atoms with E-state index in [1.165, 1.54) is 24.3 Å². The molecule has 0 aliphatic rings. The molecule has 0 unspecified atom stereocenters. The molecule has 0 aliphatic carbocycles. The molecule has 72 heavy (non-hydrogen) atoms. The van der Waals surface area contributed by atoms with Crippen LogP contribution in [0.2, 0.25) is 0 Å². The Hall–Kier alpha value is -9.05. The molecule has 6 aromatic rings. The SMILES string of the molecule is NC(=O)[C@H](Cc1c[nH]c2ccccc12)NC(=O)[C@H](CC(=O)O)NC(=O)CNC(=O)[C@H](Cc1ccccc1)NC(=O)[C@H](Cc1ccc(O)cc1)NC(=O)[C@H](Cc1c[nH]c2ccccc12)NC(=O)[C@@H](N)CC(=O)O. The zero-order valence-electron chi connectivity index (χ0n) is 38.6. The van der Waals surface area contributed by atoms with E-state index in [-0.39, 0.29) is 31.4 Å². The predicted octanol–water partition coefficient (Wildman–Crippen LogP) is -0.0724. The highest BCUT2D eigenvalue weighted by molar-refractivity contribution is 5.98. The van der Waals surface area contributed by atoms with Crippen molar-refractivity contribution in [2.24, 2.45) is 11.5 Å². The summed E-state index contributed by atoms with van der Waals surface area (Å²) < 4.78 is 0. The molecule has 0 aliphatic heterocycles. The van der Waals surface area contributed by atoms with Crippen molar-refractivity contribution in [2.75, 3.05) is 6.54 Å². The van der Waals surface area contributed by atoms with Crippen LogP contribution in [0.1, 0.15) is 35.1 Å². The first kappa shape index (κ1) is 52.3. The van der Waals surface area contributed by atoms with Crippen molar-refractivity contribution in [3.63, 3.8) is 0 Å². The molecule has 0 fully saturated rings. The summed E-state index contributed by atoms with van der Waals surface area (Å²) in [5.74, 6) is -9.51. The first-order valence-corrected chi connectivity index (χ1v) is 22.6. The summed E-state index contributed by atoms with van der Waals surface area (Å²) in [4.78, 5) is 125. The number of aromatic nitrogens is 2. The van der Waals surface area contributed by atoms with Crippen molar-refractivity contribution >= 4 is 75.1 Å². The Kier molecular flexibility index (Phi) is 17.8. The molecule has 0 bridgehead atoms. The fourth-order valence-corrected chi connectivity index (χ4v) is 7.91. The largest absolute Gasteiger partial charge is 0.508 e. The fraction of sp³-hybridized carbons (Fsp3) is 0.260. The van der Waals surface area contributed by atoms with Gasteiger partial charge in [-0.25, -0.2) is 0 Å². The van der Waals surface area contributed by atoms with Gasteiger partial charge in [0.05, 0.1) is 25.4 Å². The van der Waals surface area contributed by atoms with Crippen LogP contribution < -0.4 is 43.4 Å². The molecule has 22 nitrogen and oxygen atoms in total. The molecule has 2 heterocycles. The summed E-state index contributed by atoms with van der Waals surface area (Å²) in [5.41, 5.74) is 15.2. The van der Waals surface area contributed by atoms with Gasteiger partial charge in [-0.2, -0.15) is 0 Å². The van der Waals surface area contributed by atoms with Crippen molar-refractivity contribution in [1.29, 1.82) is 0 Å². The number of nitrogens with two attached hydrogens (primary N) is 2. The topological polar surface area (TPSA) is 370 Å². The minimum atomic E-state index is -1.72. The zero-order valence-corrected chi connectivity index (χ0v) is 38.6. The number of nitrogens with one attached hydrogen (secondary N) is 8. The minimum Gasteiger partial charge on any atom is -0.508 e. The number of phenols is 1. The number of carbonyl (C=O) groups is 9. The number of fused-ring (bicyclic) bond motifs is 2. The lowest BCUT2D eigenvalue weighted by Crippen LogP contribution is -2.59. The third kappa shape index (κ3) is 14.7. The molecule has 7 amide bonds. The normalized spacial score (nSPS) is 13.6. The van der Waals surface area contributed by atoms with Crippen LogP contribution in [0.25, 0.3) is 21.8 Å². The fourth-order valence-electron chi connectivity index (χ4n) is 7.91. The van der Waals surface area contributed by atoms with Crippen LogP contribution in [0, 0.1) is 0 Å². The number of hydrogen-bond acceptors (Lipinski definition) is 11. The molecule has 0 saturated heterocycles. The van der Waals surface area contributed by atoms with Crippen molar-refractivity contribution in [3.05, 3.63) is 138 Å². The average Bonchev–Trinajstić information content (AvgIpc) is 3.96. The van der Waals surface area contributed by atoms with Crippen molar-refractivity contribution < 1.29 is 58.5 Å². The van der Waals surface area contributed by atoms with Gasteiger partial charge in [-0.1, -0.05) is 78.9 Å². The molecule has 22 heteroatoms. The number of carboxylic acids is 2. The number of carboxylic acid groups (broad SMARTS) is 2. The Labute approximate surface area is 410 Å². The number of hydrogen-bond donors (Lipinski definition) is 13. The highest BCUT2D eigenvalue weighted by Gasteiger charge is 2.33. The predicted molar refractivity (Wildman–Crippen MR) is 260 cm³/mol. The second-order valence-electron chi connectivity index (χ2n) is 17.0. The van der Waals surface area contributed by atoms with Crippen LogP contribution in [0.5, 0.6) is 5.75 Å². The molecule has 4 aromatic carbocycles. The molecule has 15 N–H and O–H groups in total. The van der Waals surface area contributed by atoms with Gasteiger partial charge in [0.2, 0.25) is 41.4 Å². The number of benzene rings is 4. The summed E-state index contributed by atoms with van der Waals surface area (Å²) in [6, 6.07) is 19.6. The van der Waals surface area contributed by atoms with Gasteiger partial charge in [-0.3, -0.25) is 43.2 Å². The number of rotatable bonds is 25. The molecular weight excluding hydrogens is 933 g/mol. The average molecular weight is 987 g/mol. The number of primary amides is 1. The Morgan fingerprint density at radius 3 is 1.47 bits per heavy atom. The van der Waals surface area contributed by atoms with Crippen LogP contribution in [-0.2, 0) is 68.8 Å². The lowest BCUT2D eigenvalue weighted by molar-refractivity contribution is -0.141. The summed E-state index contributed by atoms with van der Waals surface area (Å²) >= 11 is 0. The molecule has 376 valence electrons. The van der Waals surface area contributed by atoms with E-state index in [4.69, 9.17) is 11.5 Å². The number of para-hydroxylation sites is 2. The van der Waals surface area contributed by atoms with Gasteiger partial charge in [0.25, 0.3) is 0 Å². The summed E-state index contributed by atoms with van der Waals surface area (Å²) in [6.45, 7) is -0.815. The van der Waals surface area contributed by atoms with Crippen LogP contribution in [0.3, 0.4) is 0 Å². The van der Waals surface area contributed by atoms with Crippen LogP contribution >= 0.6 is 0 Å². The lowest BCUT2D eigenvalue weighted by Gasteiger charge is -2.26. The van der Waals surface area contributed by atoms with E-state index in [2.05, 4.69) is 41.9 Å². The summed E-state index contributed by atoms with van der Waals surface area (Å²) in [7, 11) is 0. The Balaban J connectivity index is 1.19. The summed E-state index contributed by atoms with van der Waals surface area (Å²) in [5, 5.41) is 45.3. The van der Waals surface area contributed by atoms with Gasteiger partial charge >= 0.3 is 11.9 Å². The van der Waals surface area contributed by atoms with Crippen LogP contribution in [0.15, 0.2) is 116 Å². The number of H-pyrrole nitrogens is 2. The van der Waals surface area contributed by atoms with Gasteiger partial charge in [0.1, 0.15) is 36.0 Å². The van der Waals surface area contributed by atoms with Crippen LogP contribution in [0.4, 0.5) is 0 Å². The van der Waals surface area contributed by atoms with Crippen molar-refractivity contribution in [3.8, 4) is 5.75 Å². The van der Waals surface area contributed by atoms with E-state index < -0.39 is 109 Å². The maximum Gasteiger partial charge on any atom is 0.305 e. The number of aliphatic carboxylic acids is 2. The number of aromatic hydroxyl groups is 1. The monoisotopic (exact) mass is 986 g/mol. The maximum atomic E-state index is 14.4. The molecule has 2 aromatic heterocycles. The summed E-state index contributed by atoms with van der Waals surface area (Å²) in [6.07, 6.45) is 1.07. The molecule has 0 saturated carbocycles. The number of amides is 7. The molecule has 0 radical (unpaired) electrons. The maximum absolute atomic E-state index is 14.4. The highest BCUT2D eigenvalue weighted by Crippen LogP contribution is 2.21. The van der Waals surface area contributed by atoms with E-state index >= 15 is 0 Å². The van der Waals surface area contributed by atoms with E-state index in [1.807, 2.05) is 6.07 Å². The molecular formula is C50H54N10O12. The van der Waals surface area contributed by atoms with E-state index in [9.17, 15) is 58.5 Å². The Morgan fingerprint density at radius 1 is 0.486 bits per heavy atom. The second kappa shape index (κ2) is 24.5. The third-order valence-corrected chi connectivity index (χ3v) is 11.6. The smallest absolute Gasteiger partial charge is 0.305 e. The molecule has 0 spiro atoms. The van der Waals surface area contributed by atoms with E-state index in [0.717, 1.165) is 21.8 Å². The van der Waals surface area contributed by atoms with E-state index in [1.54, 1.807) is 85.2 Å². The first-order chi connectivity index (χ1) is 34.4. The van der Waals surface area contributed by atoms with Crippen molar-refractivity contribution in [2.45, 2.75) is 74.8 Å². The number of carbonyl (C=O) groups excluding carboxylic acids is 7. The number of phenolic OH excluding ortho intramolecular Hbond substituents is 1. The highest BCUT2D eigenvalue weighted by atomic mass is 16.4. The minimum absolute atomic E-state index is 0.0612. The zero-order chi connectivity index (χ0) is 51.9. The second-order valence-corrected chi connectivity index (χ2v) is 17.0. The number of aromatic amines is 2.